The standard InChI is InChI=1S/C54H46N2O2/c1-6-53(7-2)48-33-38(55-5)19-23-43(48)49-41-14-10-11-15-42(41)51-44(50(49)53)24-25-54(58-51,36-16-20-39(21-17-36)56-26-28-57-29-27-56)37-18-22-40-45-30-34-12-8-9-13-35(34)31-46(45)52(3,4)47(40)32-37/h8-25,30-33H,6-7,26-29H2,1-4H3. The number of morpholine rings is 1. The van der Waals surface area contributed by atoms with E-state index in [0.717, 1.165) is 67.0 Å². The van der Waals surface area contributed by atoms with Gasteiger partial charge in [0.2, 0.25) is 0 Å². The fraction of sp³-hybridized carbons (Fsp3) is 0.241. The van der Waals surface area contributed by atoms with Crippen molar-refractivity contribution in [2.24, 2.45) is 0 Å². The molecule has 4 nitrogen and oxygen atoms in total. The summed E-state index contributed by atoms with van der Waals surface area (Å²) in [5.74, 6) is 0.924. The lowest BCUT2D eigenvalue weighted by Crippen LogP contribution is -2.37. The third kappa shape index (κ3) is 4.71. The van der Waals surface area contributed by atoms with E-state index in [1.807, 2.05) is 6.07 Å². The zero-order chi connectivity index (χ0) is 39.4. The fourth-order valence-electron chi connectivity index (χ4n) is 11.1. The molecule has 0 aromatic heterocycles. The van der Waals surface area contributed by atoms with Crippen LogP contribution in [0.15, 0.2) is 127 Å². The van der Waals surface area contributed by atoms with Crippen molar-refractivity contribution in [3.63, 3.8) is 0 Å². The minimum absolute atomic E-state index is 0.201. The minimum Gasteiger partial charge on any atom is -0.472 e. The molecule has 4 heteroatoms. The molecular weight excluding hydrogens is 709 g/mol. The van der Waals surface area contributed by atoms with Gasteiger partial charge < -0.3 is 14.4 Å². The Kier molecular flexibility index (Phi) is 7.66. The van der Waals surface area contributed by atoms with Crippen molar-refractivity contribution < 1.29 is 9.47 Å². The van der Waals surface area contributed by atoms with Crippen molar-refractivity contribution in [1.29, 1.82) is 0 Å². The monoisotopic (exact) mass is 754 g/mol. The molecule has 0 N–H and O–H groups in total. The van der Waals surface area contributed by atoms with Gasteiger partial charge in [0.1, 0.15) is 5.75 Å². The Morgan fingerprint density at radius 1 is 0.672 bits per heavy atom. The molecular formula is C54H46N2O2. The van der Waals surface area contributed by atoms with Crippen LogP contribution in [0.4, 0.5) is 11.4 Å². The van der Waals surface area contributed by atoms with E-state index < -0.39 is 5.60 Å². The normalized spacial score (nSPS) is 19.2. The Hall–Kier alpha value is -6.15. The molecule has 7 aromatic rings. The maximum absolute atomic E-state index is 7.90. The molecule has 1 fully saturated rings. The van der Waals surface area contributed by atoms with E-state index in [1.54, 1.807) is 0 Å². The summed E-state index contributed by atoms with van der Waals surface area (Å²) in [5, 5.41) is 4.85. The van der Waals surface area contributed by atoms with Crippen LogP contribution >= 0.6 is 0 Å². The molecule has 7 aromatic carbocycles. The summed E-state index contributed by atoms with van der Waals surface area (Å²) in [6.45, 7) is 20.5. The van der Waals surface area contributed by atoms with E-state index in [4.69, 9.17) is 16.0 Å². The predicted octanol–water partition coefficient (Wildman–Crippen LogP) is 13.1. The van der Waals surface area contributed by atoms with Crippen molar-refractivity contribution in [2.45, 2.75) is 57.0 Å². The van der Waals surface area contributed by atoms with Crippen LogP contribution in [0.5, 0.6) is 5.75 Å². The van der Waals surface area contributed by atoms with Crippen LogP contribution in [0.3, 0.4) is 0 Å². The van der Waals surface area contributed by atoms with Gasteiger partial charge in [0, 0.05) is 51.7 Å². The first-order chi connectivity index (χ1) is 28.3. The molecule has 0 amide bonds. The highest BCUT2D eigenvalue weighted by atomic mass is 16.5. The lowest BCUT2D eigenvalue weighted by atomic mass is 9.71. The van der Waals surface area contributed by atoms with E-state index in [0.29, 0.717) is 5.69 Å². The van der Waals surface area contributed by atoms with Gasteiger partial charge in [-0.3, -0.25) is 0 Å². The van der Waals surface area contributed by atoms with Crippen LogP contribution in [0.2, 0.25) is 0 Å². The molecule has 0 saturated carbocycles. The molecule has 284 valence electrons. The van der Waals surface area contributed by atoms with Crippen molar-refractivity contribution in [2.75, 3.05) is 31.2 Å². The van der Waals surface area contributed by atoms with Gasteiger partial charge in [0.25, 0.3) is 0 Å². The van der Waals surface area contributed by atoms with E-state index >= 15 is 0 Å². The van der Waals surface area contributed by atoms with Gasteiger partial charge in [-0.25, -0.2) is 4.85 Å². The van der Waals surface area contributed by atoms with E-state index in [-0.39, 0.29) is 10.8 Å². The molecule has 11 rings (SSSR count). The van der Waals surface area contributed by atoms with Gasteiger partial charge in [-0.15, -0.1) is 0 Å². The number of fused-ring (bicyclic) bond motifs is 12. The van der Waals surface area contributed by atoms with Crippen molar-refractivity contribution in [3.05, 3.63) is 178 Å². The zero-order valence-corrected chi connectivity index (χ0v) is 33.7. The molecule has 1 saturated heterocycles. The summed E-state index contributed by atoms with van der Waals surface area (Å²) in [5.41, 5.74) is 14.3. The van der Waals surface area contributed by atoms with Crippen LogP contribution in [0, 0.1) is 6.57 Å². The molecule has 1 unspecified atom stereocenters. The second-order valence-electron chi connectivity index (χ2n) is 17.1. The molecule has 4 aliphatic rings. The van der Waals surface area contributed by atoms with Gasteiger partial charge in [-0.2, -0.15) is 0 Å². The van der Waals surface area contributed by atoms with Crippen LogP contribution in [0.25, 0.3) is 54.7 Å². The number of nitrogens with zero attached hydrogens (tertiary/aromatic N) is 2. The Morgan fingerprint density at radius 3 is 2.09 bits per heavy atom. The molecule has 1 atom stereocenters. The highest BCUT2D eigenvalue weighted by Gasteiger charge is 2.47. The second-order valence-corrected chi connectivity index (χ2v) is 17.1. The first-order valence-electron chi connectivity index (χ1n) is 20.9. The number of hydrogen-bond acceptors (Lipinski definition) is 3. The fourth-order valence-corrected chi connectivity index (χ4v) is 11.1. The molecule has 58 heavy (non-hydrogen) atoms. The SMILES string of the molecule is [C-]#[N+]c1ccc2c(c1)C(CC)(CC)c1c3c(c4ccccc4c1-2)OC(c1ccc(N2CCOCC2)cc1)(c1ccc2c(c1)C(C)(C)c1cc4ccccc4cc1-2)C=C3. The third-order valence-electron chi connectivity index (χ3n) is 14.2. The lowest BCUT2D eigenvalue weighted by Gasteiger charge is -2.40. The lowest BCUT2D eigenvalue weighted by molar-refractivity contribution is 0.122. The quantitative estimate of drug-likeness (QED) is 0.164. The van der Waals surface area contributed by atoms with Gasteiger partial charge in [-0.1, -0.05) is 125 Å². The number of rotatable bonds is 5. The average molecular weight is 755 g/mol. The smallest absolute Gasteiger partial charge is 0.187 e. The Balaban J connectivity index is 1.15. The summed E-state index contributed by atoms with van der Waals surface area (Å²) in [6.07, 6.45) is 6.56. The molecule has 2 heterocycles. The Bertz CT molecular complexity index is 2920. The van der Waals surface area contributed by atoms with Crippen LogP contribution in [-0.4, -0.2) is 26.3 Å². The number of anilines is 1. The van der Waals surface area contributed by atoms with E-state index in [2.05, 4.69) is 165 Å². The predicted molar refractivity (Wildman–Crippen MR) is 238 cm³/mol. The number of hydrogen-bond donors (Lipinski definition) is 0. The first-order valence-corrected chi connectivity index (χ1v) is 20.9. The summed E-state index contributed by atoms with van der Waals surface area (Å²) < 4.78 is 13.5. The molecule has 0 spiro atoms. The van der Waals surface area contributed by atoms with E-state index in [9.17, 15) is 0 Å². The second kappa shape index (κ2) is 12.7. The van der Waals surface area contributed by atoms with E-state index in [1.165, 1.54) is 66.4 Å². The Labute approximate surface area is 341 Å². The summed E-state index contributed by atoms with van der Waals surface area (Å²) in [6, 6.07) is 44.8. The third-order valence-corrected chi connectivity index (χ3v) is 14.2. The number of benzene rings is 7. The minimum atomic E-state index is -0.901. The molecule has 0 bridgehead atoms. The zero-order valence-electron chi connectivity index (χ0n) is 33.7. The topological polar surface area (TPSA) is 26.1 Å². The van der Waals surface area contributed by atoms with Crippen LogP contribution in [-0.2, 0) is 21.2 Å². The molecule has 2 aliphatic heterocycles. The highest BCUT2D eigenvalue weighted by Crippen LogP contribution is 2.61. The maximum Gasteiger partial charge on any atom is 0.187 e. The first kappa shape index (κ1) is 35.0. The van der Waals surface area contributed by atoms with Gasteiger partial charge >= 0.3 is 0 Å². The average Bonchev–Trinajstić information content (AvgIpc) is 3.70. The van der Waals surface area contributed by atoms with Crippen molar-refractivity contribution in [1.82, 2.24) is 0 Å². The highest BCUT2D eigenvalue weighted by molar-refractivity contribution is 6.09. The van der Waals surface area contributed by atoms with Crippen LogP contribution in [0.1, 0.15) is 79.5 Å². The van der Waals surface area contributed by atoms with Crippen molar-refractivity contribution >= 4 is 39.0 Å². The van der Waals surface area contributed by atoms with Gasteiger partial charge in [0.15, 0.2) is 11.3 Å². The maximum atomic E-state index is 7.90. The summed E-state index contributed by atoms with van der Waals surface area (Å²) >= 11 is 0. The van der Waals surface area contributed by atoms with Crippen LogP contribution < -0.4 is 9.64 Å². The molecule has 0 radical (unpaired) electrons. The summed E-state index contributed by atoms with van der Waals surface area (Å²) in [4.78, 5) is 6.29. The number of ether oxygens (including phenoxy) is 2. The Morgan fingerprint density at radius 2 is 1.34 bits per heavy atom. The van der Waals surface area contributed by atoms with Gasteiger partial charge in [-0.05, 0) is 110 Å². The summed E-state index contributed by atoms with van der Waals surface area (Å²) in [7, 11) is 0. The van der Waals surface area contributed by atoms with Crippen molar-refractivity contribution in [3.8, 4) is 28.0 Å². The molecule has 2 aliphatic carbocycles. The van der Waals surface area contributed by atoms with Gasteiger partial charge in [0.05, 0.1) is 19.8 Å². The largest absolute Gasteiger partial charge is 0.472 e.